The van der Waals surface area contributed by atoms with Gasteiger partial charge in [0.05, 0.1) is 5.56 Å². The molecule has 1 aliphatic carbocycles. The van der Waals surface area contributed by atoms with Crippen molar-refractivity contribution in [1.82, 2.24) is 10.2 Å². The molecule has 142 valence electrons. The molecule has 5 heteroatoms. The zero-order valence-corrected chi connectivity index (χ0v) is 15.7. The molecule has 5 nitrogen and oxygen atoms in total. The van der Waals surface area contributed by atoms with Crippen molar-refractivity contribution in [1.29, 1.82) is 0 Å². The second-order valence-corrected chi connectivity index (χ2v) is 7.80. The number of hydrogen-bond donors (Lipinski definition) is 1. The van der Waals surface area contributed by atoms with Gasteiger partial charge in [-0.05, 0) is 54.5 Å². The maximum atomic E-state index is 13.1. The van der Waals surface area contributed by atoms with Crippen molar-refractivity contribution in [2.24, 2.45) is 5.92 Å². The second kappa shape index (κ2) is 7.59. The molecule has 0 spiro atoms. The Labute approximate surface area is 159 Å². The molecule has 1 saturated carbocycles. The minimum absolute atomic E-state index is 0.00902. The first-order valence-electron chi connectivity index (χ1n) is 9.84. The van der Waals surface area contributed by atoms with Crippen molar-refractivity contribution in [3.05, 3.63) is 42.0 Å². The minimum Gasteiger partial charge on any atom is -0.483 e. The van der Waals surface area contributed by atoms with Crippen molar-refractivity contribution < 1.29 is 14.3 Å². The maximum Gasteiger partial charge on any atom is 0.258 e. The van der Waals surface area contributed by atoms with Crippen molar-refractivity contribution in [3.63, 3.8) is 0 Å². The predicted octanol–water partition coefficient (Wildman–Crippen LogP) is 3.37. The van der Waals surface area contributed by atoms with Gasteiger partial charge in [0.2, 0.25) is 0 Å². The van der Waals surface area contributed by atoms with Gasteiger partial charge in [0.15, 0.2) is 6.61 Å². The van der Waals surface area contributed by atoms with Crippen LogP contribution in [0.15, 0.2) is 36.4 Å². The van der Waals surface area contributed by atoms with Crippen LogP contribution in [0.4, 0.5) is 0 Å². The van der Waals surface area contributed by atoms with Crippen LogP contribution in [0, 0.1) is 5.92 Å². The van der Waals surface area contributed by atoms with Crippen LogP contribution in [0.5, 0.6) is 5.75 Å². The molecule has 27 heavy (non-hydrogen) atoms. The lowest BCUT2D eigenvalue weighted by molar-refractivity contribution is -0.123. The number of likely N-dealkylation sites (tertiary alicyclic amines) is 1. The van der Waals surface area contributed by atoms with Crippen LogP contribution in [-0.2, 0) is 4.79 Å². The Balaban J connectivity index is 1.58. The molecule has 0 unspecified atom stereocenters. The molecule has 2 aromatic carbocycles. The van der Waals surface area contributed by atoms with E-state index in [1.54, 1.807) is 0 Å². The van der Waals surface area contributed by atoms with E-state index in [-0.39, 0.29) is 18.4 Å². The molecule has 0 atom stereocenters. The van der Waals surface area contributed by atoms with Gasteiger partial charge in [0.1, 0.15) is 5.75 Å². The SMILES string of the molecule is CC1CCN(C(=O)c2cc3ccccc3cc2OCC(=O)NC2CC2)CC1. The highest BCUT2D eigenvalue weighted by molar-refractivity contribution is 6.01. The van der Waals surface area contributed by atoms with E-state index in [2.05, 4.69) is 12.2 Å². The van der Waals surface area contributed by atoms with Crippen LogP contribution in [-0.4, -0.2) is 42.5 Å². The van der Waals surface area contributed by atoms with Crippen LogP contribution in [0.25, 0.3) is 10.8 Å². The maximum absolute atomic E-state index is 13.1. The zero-order valence-electron chi connectivity index (χ0n) is 15.7. The number of carbonyl (C=O) groups excluding carboxylic acids is 2. The standard InChI is InChI=1S/C22H26N2O3/c1-15-8-10-24(11-9-15)22(26)19-12-16-4-2-3-5-17(16)13-20(19)27-14-21(25)23-18-6-7-18/h2-5,12-13,15,18H,6-11,14H2,1H3,(H,23,25). The van der Waals surface area contributed by atoms with E-state index in [0.717, 1.165) is 49.5 Å². The summed E-state index contributed by atoms with van der Waals surface area (Å²) in [4.78, 5) is 27.1. The summed E-state index contributed by atoms with van der Waals surface area (Å²) in [6.45, 7) is 3.71. The smallest absolute Gasteiger partial charge is 0.258 e. The van der Waals surface area contributed by atoms with Gasteiger partial charge >= 0.3 is 0 Å². The summed E-state index contributed by atoms with van der Waals surface area (Å²) < 4.78 is 5.81. The van der Waals surface area contributed by atoms with Gasteiger partial charge in [-0.3, -0.25) is 9.59 Å². The first kappa shape index (κ1) is 17.8. The van der Waals surface area contributed by atoms with E-state index < -0.39 is 0 Å². The molecule has 2 fully saturated rings. The fraction of sp³-hybridized carbons (Fsp3) is 0.455. The number of amides is 2. The fourth-order valence-electron chi connectivity index (χ4n) is 3.53. The normalized spacial score (nSPS) is 17.7. The largest absolute Gasteiger partial charge is 0.483 e. The van der Waals surface area contributed by atoms with E-state index >= 15 is 0 Å². The summed E-state index contributed by atoms with van der Waals surface area (Å²) in [7, 11) is 0. The lowest BCUT2D eigenvalue weighted by atomic mass is 9.98. The Morgan fingerprint density at radius 3 is 2.41 bits per heavy atom. The van der Waals surface area contributed by atoms with Gasteiger partial charge in [-0.15, -0.1) is 0 Å². The van der Waals surface area contributed by atoms with Gasteiger partial charge in [0, 0.05) is 19.1 Å². The van der Waals surface area contributed by atoms with Gasteiger partial charge in [-0.2, -0.15) is 0 Å². The van der Waals surface area contributed by atoms with Crippen LogP contribution in [0.2, 0.25) is 0 Å². The second-order valence-electron chi connectivity index (χ2n) is 7.80. The molecule has 0 bridgehead atoms. The Morgan fingerprint density at radius 2 is 1.74 bits per heavy atom. The topological polar surface area (TPSA) is 58.6 Å². The average molecular weight is 366 g/mol. The number of rotatable bonds is 5. The van der Waals surface area contributed by atoms with Crippen LogP contribution in [0.3, 0.4) is 0 Å². The van der Waals surface area contributed by atoms with Crippen LogP contribution >= 0.6 is 0 Å². The van der Waals surface area contributed by atoms with E-state index in [9.17, 15) is 9.59 Å². The third-order valence-electron chi connectivity index (χ3n) is 5.45. The van der Waals surface area contributed by atoms with Gasteiger partial charge < -0.3 is 15.0 Å². The number of benzene rings is 2. The molecular formula is C22H26N2O3. The minimum atomic E-state index is -0.129. The highest BCUT2D eigenvalue weighted by Crippen LogP contribution is 2.29. The molecule has 2 aromatic rings. The number of piperidine rings is 1. The average Bonchev–Trinajstić information content (AvgIpc) is 3.49. The van der Waals surface area contributed by atoms with Crippen molar-refractivity contribution in [3.8, 4) is 5.75 Å². The van der Waals surface area contributed by atoms with Crippen molar-refractivity contribution in [2.45, 2.75) is 38.6 Å². The molecule has 1 aliphatic heterocycles. The summed E-state index contributed by atoms with van der Waals surface area (Å²) in [5.74, 6) is 1.01. The van der Waals surface area contributed by atoms with Crippen molar-refractivity contribution in [2.75, 3.05) is 19.7 Å². The number of nitrogens with zero attached hydrogens (tertiary/aromatic N) is 1. The van der Waals surface area contributed by atoms with E-state index in [1.807, 2.05) is 41.3 Å². The molecule has 0 aromatic heterocycles. The molecule has 1 heterocycles. The van der Waals surface area contributed by atoms with Gasteiger partial charge in [0.25, 0.3) is 11.8 Å². The number of hydrogen-bond acceptors (Lipinski definition) is 3. The number of nitrogens with one attached hydrogen (secondary N) is 1. The Bertz CT molecular complexity index is 852. The fourth-order valence-corrected chi connectivity index (χ4v) is 3.53. The molecule has 2 amide bonds. The first-order valence-corrected chi connectivity index (χ1v) is 9.84. The molecule has 1 N–H and O–H groups in total. The van der Waals surface area contributed by atoms with Crippen molar-refractivity contribution >= 4 is 22.6 Å². The zero-order chi connectivity index (χ0) is 18.8. The third-order valence-corrected chi connectivity index (χ3v) is 5.45. The summed E-state index contributed by atoms with van der Waals surface area (Å²) >= 11 is 0. The monoisotopic (exact) mass is 366 g/mol. The highest BCUT2D eigenvalue weighted by atomic mass is 16.5. The number of ether oxygens (including phenoxy) is 1. The Morgan fingerprint density at radius 1 is 1.07 bits per heavy atom. The molecule has 2 aliphatic rings. The van der Waals surface area contributed by atoms with E-state index in [0.29, 0.717) is 23.3 Å². The van der Waals surface area contributed by atoms with Crippen LogP contribution in [0.1, 0.15) is 43.0 Å². The quantitative estimate of drug-likeness (QED) is 0.883. The Hall–Kier alpha value is -2.56. The van der Waals surface area contributed by atoms with Gasteiger partial charge in [-0.25, -0.2) is 0 Å². The lowest BCUT2D eigenvalue weighted by Gasteiger charge is -2.30. The first-order chi connectivity index (χ1) is 13.1. The molecule has 1 saturated heterocycles. The van der Waals surface area contributed by atoms with Crippen LogP contribution < -0.4 is 10.1 Å². The summed E-state index contributed by atoms with van der Waals surface area (Å²) in [6, 6.07) is 12.0. The molecule has 4 rings (SSSR count). The van der Waals surface area contributed by atoms with E-state index in [1.165, 1.54) is 0 Å². The summed E-state index contributed by atoms with van der Waals surface area (Å²) in [5.41, 5.74) is 0.544. The number of carbonyl (C=O) groups is 2. The lowest BCUT2D eigenvalue weighted by Crippen LogP contribution is -2.38. The number of fused-ring (bicyclic) bond motifs is 1. The summed E-state index contributed by atoms with van der Waals surface area (Å²) in [5, 5.41) is 4.92. The van der Waals surface area contributed by atoms with Gasteiger partial charge in [-0.1, -0.05) is 31.2 Å². The molecule has 0 radical (unpaired) electrons. The van der Waals surface area contributed by atoms with E-state index in [4.69, 9.17) is 4.74 Å². The summed E-state index contributed by atoms with van der Waals surface area (Å²) in [6.07, 6.45) is 4.14. The Kier molecular flexibility index (Phi) is 5.01. The predicted molar refractivity (Wildman–Crippen MR) is 105 cm³/mol. The molecular weight excluding hydrogens is 340 g/mol. The highest BCUT2D eigenvalue weighted by Gasteiger charge is 2.26. The third kappa shape index (κ3) is 4.24.